The predicted octanol–water partition coefficient (Wildman–Crippen LogP) is 2.07. The van der Waals surface area contributed by atoms with E-state index in [1.54, 1.807) is 14.2 Å². The molecule has 1 unspecified atom stereocenters. The highest BCUT2D eigenvalue weighted by molar-refractivity contribution is 5.53. The third-order valence-corrected chi connectivity index (χ3v) is 5.86. The zero-order chi connectivity index (χ0) is 14.6. The molecule has 0 radical (unpaired) electrons. The van der Waals surface area contributed by atoms with Gasteiger partial charge in [-0.05, 0) is 55.5 Å². The van der Waals surface area contributed by atoms with Crippen molar-refractivity contribution in [2.45, 2.75) is 49.8 Å². The van der Waals surface area contributed by atoms with Gasteiger partial charge in [0.15, 0.2) is 11.5 Å². The second-order valence-electron chi connectivity index (χ2n) is 6.68. The Morgan fingerprint density at radius 2 is 1.95 bits per heavy atom. The summed E-state index contributed by atoms with van der Waals surface area (Å²) in [5.74, 6) is 1.65. The Hall–Kier alpha value is -1.26. The van der Waals surface area contributed by atoms with Crippen molar-refractivity contribution < 1.29 is 14.6 Å². The fraction of sp³-hybridized carbons (Fsp3) is 0.647. The van der Waals surface area contributed by atoms with E-state index in [0.717, 1.165) is 43.9 Å². The lowest BCUT2D eigenvalue weighted by Crippen LogP contribution is -2.51. The van der Waals surface area contributed by atoms with Crippen molar-refractivity contribution in [1.29, 1.82) is 0 Å². The molecule has 2 aliphatic heterocycles. The maximum absolute atomic E-state index is 10.1. The zero-order valence-corrected chi connectivity index (χ0v) is 12.8. The average Bonchev–Trinajstić information content (AvgIpc) is 2.78. The molecule has 3 aliphatic rings. The Morgan fingerprint density at radius 3 is 2.71 bits per heavy atom. The van der Waals surface area contributed by atoms with Gasteiger partial charge in [0, 0.05) is 18.0 Å². The number of benzene rings is 1. The summed E-state index contributed by atoms with van der Waals surface area (Å²) in [6.45, 7) is 2.10. The Labute approximate surface area is 125 Å². The molecule has 114 valence electrons. The van der Waals surface area contributed by atoms with Crippen molar-refractivity contribution >= 4 is 0 Å². The summed E-state index contributed by atoms with van der Waals surface area (Å²) in [7, 11) is 3.40. The Kier molecular flexibility index (Phi) is 2.95. The number of aliphatic hydroxyl groups is 1. The molecule has 4 atom stereocenters. The predicted molar refractivity (Wildman–Crippen MR) is 79.9 cm³/mol. The Bertz CT molecular complexity index is 573. The monoisotopic (exact) mass is 289 g/mol. The van der Waals surface area contributed by atoms with Crippen LogP contribution >= 0.6 is 0 Å². The van der Waals surface area contributed by atoms with Crippen LogP contribution in [0.15, 0.2) is 12.1 Å². The topological polar surface area (TPSA) is 41.9 Å². The summed E-state index contributed by atoms with van der Waals surface area (Å²) in [5.41, 5.74) is 3.02. The summed E-state index contributed by atoms with van der Waals surface area (Å²) in [5, 5.41) is 10.1. The maximum atomic E-state index is 10.1. The van der Waals surface area contributed by atoms with Gasteiger partial charge in [-0.15, -0.1) is 0 Å². The normalized spacial score (nSPS) is 36.8. The zero-order valence-electron chi connectivity index (χ0n) is 12.8. The lowest BCUT2D eigenvalue weighted by atomic mass is 9.63. The van der Waals surface area contributed by atoms with E-state index in [9.17, 15) is 5.11 Å². The van der Waals surface area contributed by atoms with Gasteiger partial charge in [0.05, 0.1) is 20.3 Å². The minimum Gasteiger partial charge on any atom is -0.493 e. The molecular weight excluding hydrogens is 266 g/mol. The SMILES string of the molecule is COc1cc2c(cc1OC)[C@]13CC[C@H](O)C[C@H]1N(CC3)C2. The molecule has 1 saturated heterocycles. The minimum absolute atomic E-state index is 0.134. The molecule has 4 rings (SSSR count). The van der Waals surface area contributed by atoms with Gasteiger partial charge in [-0.25, -0.2) is 0 Å². The highest BCUT2D eigenvalue weighted by Crippen LogP contribution is 2.54. The van der Waals surface area contributed by atoms with Gasteiger partial charge in [-0.2, -0.15) is 0 Å². The Morgan fingerprint density at radius 1 is 1.19 bits per heavy atom. The van der Waals surface area contributed by atoms with Crippen LogP contribution in [0.3, 0.4) is 0 Å². The van der Waals surface area contributed by atoms with Crippen molar-refractivity contribution in [2.24, 2.45) is 0 Å². The molecule has 0 spiro atoms. The molecule has 1 aromatic carbocycles. The first kappa shape index (κ1) is 13.4. The standard InChI is InChI=1S/C17H23NO3/c1-20-14-7-11-10-18-6-5-17(13(11)9-15(14)21-2)4-3-12(19)8-16(17)18/h7,9,12,16,19H,3-6,8,10H2,1-2H3/t12-,16+,17+/m0/s1. The lowest BCUT2D eigenvalue weighted by Gasteiger charge is -2.48. The van der Waals surface area contributed by atoms with E-state index in [4.69, 9.17) is 9.47 Å². The molecule has 21 heavy (non-hydrogen) atoms. The van der Waals surface area contributed by atoms with E-state index in [0.29, 0.717) is 6.04 Å². The molecule has 4 nitrogen and oxygen atoms in total. The van der Waals surface area contributed by atoms with Gasteiger partial charge in [-0.3, -0.25) is 4.90 Å². The van der Waals surface area contributed by atoms with Crippen LogP contribution in [-0.4, -0.2) is 42.9 Å². The lowest BCUT2D eigenvalue weighted by molar-refractivity contribution is 0.0383. The molecular formula is C17H23NO3. The fourth-order valence-corrected chi connectivity index (χ4v) is 4.85. The van der Waals surface area contributed by atoms with Crippen molar-refractivity contribution in [3.05, 3.63) is 23.3 Å². The van der Waals surface area contributed by atoms with Crippen molar-refractivity contribution in [3.8, 4) is 11.5 Å². The van der Waals surface area contributed by atoms with Gasteiger partial charge < -0.3 is 14.6 Å². The molecule has 1 saturated carbocycles. The van der Waals surface area contributed by atoms with Gasteiger partial charge in [0.1, 0.15) is 0 Å². The van der Waals surface area contributed by atoms with E-state index >= 15 is 0 Å². The summed E-state index contributed by atoms with van der Waals surface area (Å²) < 4.78 is 11.0. The highest BCUT2D eigenvalue weighted by Gasteiger charge is 2.54. The number of methoxy groups -OCH3 is 2. The first-order valence-electron chi connectivity index (χ1n) is 7.85. The number of hydrogen-bond acceptors (Lipinski definition) is 4. The van der Waals surface area contributed by atoms with Crippen molar-refractivity contribution in [3.63, 3.8) is 0 Å². The number of rotatable bonds is 2. The van der Waals surface area contributed by atoms with E-state index in [1.165, 1.54) is 17.5 Å². The van der Waals surface area contributed by atoms with E-state index < -0.39 is 0 Å². The molecule has 2 heterocycles. The number of ether oxygens (including phenoxy) is 2. The number of nitrogens with zero attached hydrogens (tertiary/aromatic N) is 1. The third kappa shape index (κ3) is 1.75. The first-order chi connectivity index (χ1) is 10.2. The second kappa shape index (κ2) is 4.62. The van der Waals surface area contributed by atoms with Crippen molar-refractivity contribution in [2.75, 3.05) is 20.8 Å². The van der Waals surface area contributed by atoms with Crippen LogP contribution in [0, 0.1) is 0 Å². The number of hydrogen-bond donors (Lipinski definition) is 1. The highest BCUT2D eigenvalue weighted by atomic mass is 16.5. The molecule has 4 heteroatoms. The van der Waals surface area contributed by atoms with Crippen molar-refractivity contribution in [1.82, 2.24) is 4.90 Å². The molecule has 0 aromatic heterocycles. The van der Waals surface area contributed by atoms with Crippen LogP contribution in [0.25, 0.3) is 0 Å². The van der Waals surface area contributed by atoms with Crippen LogP contribution in [0.2, 0.25) is 0 Å². The number of aliphatic hydroxyl groups excluding tert-OH is 1. The molecule has 0 amide bonds. The van der Waals surface area contributed by atoms with E-state index in [-0.39, 0.29) is 11.5 Å². The quantitative estimate of drug-likeness (QED) is 0.905. The van der Waals surface area contributed by atoms with Gasteiger partial charge in [-0.1, -0.05) is 0 Å². The molecule has 2 fully saturated rings. The van der Waals surface area contributed by atoms with Crippen LogP contribution in [0.5, 0.6) is 11.5 Å². The molecule has 1 aromatic rings. The van der Waals surface area contributed by atoms with Gasteiger partial charge in [0.25, 0.3) is 0 Å². The average molecular weight is 289 g/mol. The fourth-order valence-electron chi connectivity index (χ4n) is 4.85. The third-order valence-electron chi connectivity index (χ3n) is 5.86. The van der Waals surface area contributed by atoms with Gasteiger partial charge >= 0.3 is 0 Å². The summed E-state index contributed by atoms with van der Waals surface area (Å²) in [6, 6.07) is 4.84. The summed E-state index contributed by atoms with van der Waals surface area (Å²) in [4.78, 5) is 2.55. The molecule has 1 aliphatic carbocycles. The summed E-state index contributed by atoms with van der Waals surface area (Å²) in [6.07, 6.45) is 3.97. The first-order valence-corrected chi connectivity index (χ1v) is 7.85. The smallest absolute Gasteiger partial charge is 0.161 e. The van der Waals surface area contributed by atoms with E-state index in [1.807, 2.05) is 0 Å². The van der Waals surface area contributed by atoms with Gasteiger partial charge in [0.2, 0.25) is 0 Å². The maximum Gasteiger partial charge on any atom is 0.161 e. The number of fused-ring (bicyclic) bond motifs is 1. The largest absolute Gasteiger partial charge is 0.493 e. The van der Waals surface area contributed by atoms with Crippen LogP contribution in [-0.2, 0) is 12.0 Å². The Balaban J connectivity index is 1.85. The van der Waals surface area contributed by atoms with Crippen LogP contribution < -0.4 is 9.47 Å². The second-order valence-corrected chi connectivity index (χ2v) is 6.68. The molecule has 2 bridgehead atoms. The minimum atomic E-state index is -0.134. The van der Waals surface area contributed by atoms with E-state index in [2.05, 4.69) is 17.0 Å². The molecule has 1 N–H and O–H groups in total. The summed E-state index contributed by atoms with van der Waals surface area (Å²) >= 11 is 0. The van der Waals surface area contributed by atoms with Crippen LogP contribution in [0.1, 0.15) is 36.8 Å². The van der Waals surface area contributed by atoms with Crippen LogP contribution in [0.4, 0.5) is 0 Å².